The molecule has 2 heteroatoms. The van der Waals surface area contributed by atoms with Crippen molar-refractivity contribution in [2.75, 3.05) is 4.90 Å². The van der Waals surface area contributed by atoms with Crippen LogP contribution in [0.4, 0.5) is 17.1 Å². The number of anilines is 3. The zero-order chi connectivity index (χ0) is 22.5. The number of thiophene rings is 1. The number of hydrogen-bond donors (Lipinski definition) is 0. The van der Waals surface area contributed by atoms with E-state index in [1.54, 1.807) is 0 Å². The molecule has 0 aliphatic heterocycles. The summed E-state index contributed by atoms with van der Waals surface area (Å²) in [7, 11) is 0. The van der Waals surface area contributed by atoms with Crippen molar-refractivity contribution in [2.45, 2.75) is 0 Å². The van der Waals surface area contributed by atoms with Crippen LogP contribution in [0.25, 0.3) is 41.7 Å². The molecule has 0 unspecified atom stereocenters. The van der Waals surface area contributed by atoms with Crippen molar-refractivity contribution < 1.29 is 0 Å². The van der Waals surface area contributed by atoms with Gasteiger partial charge < -0.3 is 4.90 Å². The molecule has 160 valence electrons. The van der Waals surface area contributed by atoms with Gasteiger partial charge in [-0.2, -0.15) is 0 Å². The fourth-order valence-corrected chi connectivity index (χ4v) is 6.19. The molecule has 0 bridgehead atoms. The Kier molecular flexibility index (Phi) is 4.39. The maximum absolute atomic E-state index is 2.35. The maximum atomic E-state index is 2.35. The summed E-state index contributed by atoms with van der Waals surface area (Å²) >= 11 is 1.89. The van der Waals surface area contributed by atoms with E-state index in [9.17, 15) is 0 Å². The minimum atomic E-state index is 1.16. The fourth-order valence-electron chi connectivity index (χ4n) is 4.98. The second kappa shape index (κ2) is 7.72. The van der Waals surface area contributed by atoms with E-state index >= 15 is 0 Å². The molecule has 34 heavy (non-hydrogen) atoms. The zero-order valence-electron chi connectivity index (χ0n) is 18.5. The van der Waals surface area contributed by atoms with Gasteiger partial charge in [-0.05, 0) is 70.8 Å². The summed E-state index contributed by atoms with van der Waals surface area (Å²) in [4.78, 5) is 2.33. The molecule has 7 rings (SSSR count). The van der Waals surface area contributed by atoms with Crippen molar-refractivity contribution in [3.8, 4) is 0 Å². The van der Waals surface area contributed by atoms with Crippen molar-refractivity contribution in [1.29, 1.82) is 0 Å². The van der Waals surface area contributed by atoms with Gasteiger partial charge in [0.05, 0.1) is 0 Å². The van der Waals surface area contributed by atoms with Crippen LogP contribution >= 0.6 is 11.3 Å². The van der Waals surface area contributed by atoms with Gasteiger partial charge in [-0.1, -0.05) is 72.8 Å². The van der Waals surface area contributed by atoms with Gasteiger partial charge in [-0.3, -0.25) is 0 Å². The molecule has 6 aromatic carbocycles. The third-order valence-electron chi connectivity index (χ3n) is 6.59. The van der Waals surface area contributed by atoms with Crippen LogP contribution in [-0.2, 0) is 0 Å². The third-order valence-corrected chi connectivity index (χ3v) is 7.81. The standard InChI is InChI=1S/C32H21NS/c1-3-11-25(12-4-1)33(26-13-5-2-6-14-26)27-16-18-31-30(21-27)28-17-15-24-19-22-9-7-8-10-23(22)20-29(24)32(28)34-31/h1-21H. The Morgan fingerprint density at radius 1 is 0.412 bits per heavy atom. The van der Waals surface area contributed by atoms with Crippen LogP contribution in [0.5, 0.6) is 0 Å². The minimum Gasteiger partial charge on any atom is -0.310 e. The van der Waals surface area contributed by atoms with Gasteiger partial charge in [-0.25, -0.2) is 0 Å². The summed E-state index contributed by atoms with van der Waals surface area (Å²) in [5, 5.41) is 7.85. The fraction of sp³-hybridized carbons (Fsp3) is 0. The average Bonchev–Trinajstić information content (AvgIpc) is 3.28. The number of nitrogens with zero attached hydrogens (tertiary/aromatic N) is 1. The van der Waals surface area contributed by atoms with Gasteiger partial charge in [0.25, 0.3) is 0 Å². The van der Waals surface area contributed by atoms with Crippen molar-refractivity contribution in [3.63, 3.8) is 0 Å². The lowest BCUT2D eigenvalue weighted by atomic mass is 10.0. The zero-order valence-corrected chi connectivity index (χ0v) is 19.3. The number of para-hydroxylation sites is 2. The third kappa shape index (κ3) is 3.07. The highest BCUT2D eigenvalue weighted by molar-refractivity contribution is 7.26. The summed E-state index contributed by atoms with van der Waals surface area (Å²) < 4.78 is 2.68. The number of hydrogen-bond acceptors (Lipinski definition) is 2. The first-order valence-electron chi connectivity index (χ1n) is 11.5. The number of fused-ring (bicyclic) bond motifs is 6. The summed E-state index contributed by atoms with van der Waals surface area (Å²) in [6, 6.07) is 45.9. The quantitative estimate of drug-likeness (QED) is 0.242. The van der Waals surface area contributed by atoms with E-state index in [2.05, 4.69) is 132 Å². The monoisotopic (exact) mass is 451 g/mol. The van der Waals surface area contributed by atoms with Crippen LogP contribution in [0, 0.1) is 0 Å². The average molecular weight is 452 g/mol. The van der Waals surface area contributed by atoms with Gasteiger partial charge in [-0.15, -0.1) is 11.3 Å². The van der Waals surface area contributed by atoms with E-state index in [0.29, 0.717) is 0 Å². The molecule has 0 saturated carbocycles. The second-order valence-electron chi connectivity index (χ2n) is 8.65. The number of rotatable bonds is 3. The molecule has 0 aliphatic rings. The molecule has 0 spiro atoms. The normalized spacial score (nSPS) is 11.5. The van der Waals surface area contributed by atoms with Crippen molar-refractivity contribution >= 4 is 70.1 Å². The van der Waals surface area contributed by atoms with Gasteiger partial charge >= 0.3 is 0 Å². The highest BCUT2D eigenvalue weighted by Crippen LogP contribution is 2.43. The SMILES string of the molecule is c1ccc(N(c2ccccc2)c2ccc3sc4c5cc6ccccc6cc5ccc4c3c2)cc1. The lowest BCUT2D eigenvalue weighted by Gasteiger charge is -2.25. The molecule has 0 fully saturated rings. The summed E-state index contributed by atoms with van der Waals surface area (Å²) in [5.41, 5.74) is 3.48. The Morgan fingerprint density at radius 3 is 1.76 bits per heavy atom. The maximum Gasteiger partial charge on any atom is 0.0468 e. The lowest BCUT2D eigenvalue weighted by Crippen LogP contribution is -2.09. The molecule has 1 aromatic heterocycles. The van der Waals surface area contributed by atoms with Crippen LogP contribution in [-0.4, -0.2) is 0 Å². The Bertz CT molecular complexity index is 1760. The van der Waals surface area contributed by atoms with Gasteiger partial charge in [0, 0.05) is 42.6 Å². The predicted molar refractivity (Wildman–Crippen MR) is 149 cm³/mol. The predicted octanol–water partition coefficient (Wildman–Crippen LogP) is 9.83. The molecule has 0 amide bonds. The Labute approximate surface area is 202 Å². The smallest absolute Gasteiger partial charge is 0.0468 e. The molecule has 0 radical (unpaired) electrons. The van der Waals surface area contributed by atoms with E-state index in [1.165, 1.54) is 47.4 Å². The van der Waals surface area contributed by atoms with Crippen molar-refractivity contribution in [1.82, 2.24) is 0 Å². The Balaban J connectivity index is 1.47. The Morgan fingerprint density at radius 2 is 1.06 bits per heavy atom. The van der Waals surface area contributed by atoms with Crippen LogP contribution < -0.4 is 4.90 Å². The van der Waals surface area contributed by atoms with Crippen molar-refractivity contribution in [2.24, 2.45) is 0 Å². The molecule has 1 nitrogen and oxygen atoms in total. The molecule has 7 aromatic rings. The summed E-state index contributed by atoms with van der Waals surface area (Å²) in [6.07, 6.45) is 0. The van der Waals surface area contributed by atoms with E-state index in [0.717, 1.165) is 11.4 Å². The first-order valence-corrected chi connectivity index (χ1v) is 12.3. The topological polar surface area (TPSA) is 3.24 Å². The van der Waals surface area contributed by atoms with Crippen molar-refractivity contribution in [3.05, 3.63) is 127 Å². The van der Waals surface area contributed by atoms with E-state index in [-0.39, 0.29) is 0 Å². The van der Waals surface area contributed by atoms with Gasteiger partial charge in [0.2, 0.25) is 0 Å². The number of benzene rings is 6. The van der Waals surface area contributed by atoms with Crippen LogP contribution in [0.1, 0.15) is 0 Å². The molecule has 1 heterocycles. The summed E-state index contributed by atoms with van der Waals surface area (Å²) in [5.74, 6) is 0. The van der Waals surface area contributed by atoms with E-state index in [1.807, 2.05) is 11.3 Å². The highest BCUT2D eigenvalue weighted by atomic mass is 32.1. The second-order valence-corrected chi connectivity index (χ2v) is 9.70. The molecule has 0 saturated heterocycles. The molecule has 0 N–H and O–H groups in total. The Hall–Kier alpha value is -4.14. The summed E-state index contributed by atoms with van der Waals surface area (Å²) in [6.45, 7) is 0. The van der Waals surface area contributed by atoms with Crippen LogP contribution in [0.15, 0.2) is 127 Å². The molecule has 0 aliphatic carbocycles. The van der Waals surface area contributed by atoms with Crippen LogP contribution in [0.2, 0.25) is 0 Å². The van der Waals surface area contributed by atoms with Crippen LogP contribution in [0.3, 0.4) is 0 Å². The molecule has 0 atom stereocenters. The first kappa shape index (κ1) is 19.3. The van der Waals surface area contributed by atoms with Gasteiger partial charge in [0.1, 0.15) is 0 Å². The first-order chi connectivity index (χ1) is 16.8. The minimum absolute atomic E-state index is 1.16. The largest absolute Gasteiger partial charge is 0.310 e. The highest BCUT2D eigenvalue weighted by Gasteiger charge is 2.15. The van der Waals surface area contributed by atoms with E-state index in [4.69, 9.17) is 0 Å². The van der Waals surface area contributed by atoms with E-state index < -0.39 is 0 Å². The van der Waals surface area contributed by atoms with Gasteiger partial charge in [0.15, 0.2) is 0 Å². The lowest BCUT2D eigenvalue weighted by molar-refractivity contribution is 1.29. The molecular formula is C32H21NS. The molecular weight excluding hydrogens is 430 g/mol.